The highest BCUT2D eigenvalue weighted by molar-refractivity contribution is 5.95. The van der Waals surface area contributed by atoms with Crippen molar-refractivity contribution in [1.29, 1.82) is 0 Å². The zero-order valence-electron chi connectivity index (χ0n) is 23.9. The van der Waals surface area contributed by atoms with Gasteiger partial charge in [-0.1, -0.05) is 66.7 Å². The molecule has 5 aromatic rings. The van der Waals surface area contributed by atoms with E-state index in [2.05, 4.69) is 25.9 Å². The smallest absolute Gasteiger partial charge is 0.322 e. The lowest BCUT2D eigenvalue weighted by Gasteiger charge is -2.24. The number of aliphatic carboxylic acids is 1. The molecule has 3 aromatic carbocycles. The molecule has 0 aliphatic carbocycles. The third-order valence-electron chi connectivity index (χ3n) is 7.51. The van der Waals surface area contributed by atoms with Crippen molar-refractivity contribution in [2.45, 2.75) is 37.4 Å². The molecule has 0 saturated heterocycles. The Balaban J connectivity index is 1.35. The van der Waals surface area contributed by atoms with Gasteiger partial charge in [-0.15, -0.1) is 0 Å². The predicted octanol–water partition coefficient (Wildman–Crippen LogP) is 2.17. The van der Waals surface area contributed by atoms with E-state index in [0.29, 0.717) is 0 Å². The second-order valence-corrected chi connectivity index (χ2v) is 10.7. The van der Waals surface area contributed by atoms with Crippen LogP contribution in [0, 0.1) is 0 Å². The molecule has 44 heavy (non-hydrogen) atoms. The number of aromatic nitrogens is 2. The van der Waals surface area contributed by atoms with Gasteiger partial charge in [0.05, 0.1) is 6.04 Å². The SMILES string of the molecule is NC(Cc1c[nH]c2ccccc12)C(=O)NC(Cc1ccccc1)C(=O)NC(Cc1c[nH]c2ccccc12)C(=O)NCC(=O)O. The normalized spacial score (nSPS) is 13.2. The average Bonchev–Trinajstić information content (AvgIpc) is 3.63. The first kappa shape index (κ1) is 30.1. The van der Waals surface area contributed by atoms with Gasteiger partial charge in [-0.3, -0.25) is 19.2 Å². The van der Waals surface area contributed by atoms with E-state index in [9.17, 15) is 19.2 Å². The molecule has 0 saturated carbocycles. The van der Waals surface area contributed by atoms with Gasteiger partial charge in [-0.2, -0.15) is 0 Å². The molecule has 3 amide bonds. The highest BCUT2D eigenvalue weighted by Crippen LogP contribution is 2.20. The van der Waals surface area contributed by atoms with Crippen LogP contribution in [0.4, 0.5) is 0 Å². The Labute approximate surface area is 253 Å². The van der Waals surface area contributed by atoms with Crippen LogP contribution in [0.5, 0.6) is 0 Å². The Bertz CT molecular complexity index is 1780. The third kappa shape index (κ3) is 7.31. The molecule has 0 spiro atoms. The van der Waals surface area contributed by atoms with Crippen LogP contribution in [-0.2, 0) is 38.4 Å². The fraction of sp³-hybridized carbons (Fsp3) is 0.212. The maximum atomic E-state index is 13.8. The molecule has 0 fully saturated rings. The predicted molar refractivity (Wildman–Crippen MR) is 167 cm³/mol. The molecule has 0 bridgehead atoms. The van der Waals surface area contributed by atoms with Gasteiger partial charge in [0.2, 0.25) is 17.7 Å². The summed E-state index contributed by atoms with van der Waals surface area (Å²) >= 11 is 0. The summed E-state index contributed by atoms with van der Waals surface area (Å²) in [6, 6.07) is 21.3. The number of carbonyl (C=O) groups excluding carboxylic acids is 3. The summed E-state index contributed by atoms with van der Waals surface area (Å²) in [7, 11) is 0. The number of amides is 3. The first-order valence-corrected chi connectivity index (χ1v) is 14.3. The van der Waals surface area contributed by atoms with Gasteiger partial charge in [0.15, 0.2) is 0 Å². The molecule has 11 heteroatoms. The molecule has 2 aromatic heterocycles. The lowest BCUT2D eigenvalue weighted by atomic mass is 10.0. The van der Waals surface area contributed by atoms with Crippen LogP contribution in [0.15, 0.2) is 91.3 Å². The Hall–Kier alpha value is -5.42. The standard InChI is InChI=1S/C33H34N6O5/c34-25(15-21-17-35-26-12-6-4-10-23(21)26)31(42)38-28(14-20-8-2-1-3-9-20)33(44)39-29(32(43)37-19-30(40)41)16-22-18-36-27-13-7-5-11-24(22)27/h1-13,17-18,25,28-29,35-36H,14-16,19,34H2,(H,37,43)(H,38,42)(H,39,44)(H,40,41). The summed E-state index contributed by atoms with van der Waals surface area (Å²) in [5.74, 6) is -2.99. The summed E-state index contributed by atoms with van der Waals surface area (Å²) in [5, 5.41) is 18.9. The van der Waals surface area contributed by atoms with E-state index in [-0.39, 0.29) is 19.3 Å². The number of H-pyrrole nitrogens is 2. The second kappa shape index (κ2) is 13.7. The summed E-state index contributed by atoms with van der Waals surface area (Å²) in [5.41, 5.74) is 10.5. The lowest BCUT2D eigenvalue weighted by Crippen LogP contribution is -2.57. The highest BCUT2D eigenvalue weighted by atomic mass is 16.4. The molecule has 0 radical (unpaired) electrons. The van der Waals surface area contributed by atoms with Crippen molar-refractivity contribution < 1.29 is 24.3 Å². The van der Waals surface area contributed by atoms with E-state index in [0.717, 1.165) is 38.5 Å². The number of benzene rings is 3. The number of para-hydroxylation sites is 2. The molecule has 0 aliphatic heterocycles. The average molecular weight is 595 g/mol. The van der Waals surface area contributed by atoms with E-state index < -0.39 is 48.4 Å². The summed E-state index contributed by atoms with van der Waals surface area (Å²) in [4.78, 5) is 57.7. The number of nitrogens with one attached hydrogen (secondary N) is 5. The minimum Gasteiger partial charge on any atom is -0.480 e. The van der Waals surface area contributed by atoms with Crippen molar-refractivity contribution in [3.8, 4) is 0 Å². The topological polar surface area (TPSA) is 182 Å². The molecule has 226 valence electrons. The minimum atomic E-state index is -1.21. The van der Waals surface area contributed by atoms with E-state index in [1.165, 1.54) is 0 Å². The number of hydrogen-bond acceptors (Lipinski definition) is 5. The Kier molecular flexibility index (Phi) is 9.36. The van der Waals surface area contributed by atoms with Gasteiger partial charge < -0.3 is 36.8 Å². The van der Waals surface area contributed by atoms with Crippen molar-refractivity contribution in [3.05, 3.63) is 108 Å². The number of hydrogen-bond donors (Lipinski definition) is 7. The minimum absolute atomic E-state index is 0.0906. The molecular formula is C33H34N6O5. The summed E-state index contributed by atoms with van der Waals surface area (Å²) < 4.78 is 0. The molecule has 8 N–H and O–H groups in total. The van der Waals surface area contributed by atoms with E-state index in [4.69, 9.17) is 10.8 Å². The number of aromatic amines is 2. The molecule has 0 aliphatic rings. The van der Waals surface area contributed by atoms with Crippen molar-refractivity contribution in [3.63, 3.8) is 0 Å². The van der Waals surface area contributed by atoms with E-state index in [1.807, 2.05) is 85.1 Å². The Morgan fingerprint density at radius 2 is 1.18 bits per heavy atom. The largest absolute Gasteiger partial charge is 0.480 e. The second-order valence-electron chi connectivity index (χ2n) is 10.7. The quantitative estimate of drug-likeness (QED) is 0.110. The van der Waals surface area contributed by atoms with E-state index >= 15 is 0 Å². The summed E-state index contributed by atoms with van der Waals surface area (Å²) in [6.07, 6.45) is 4.05. The van der Waals surface area contributed by atoms with Crippen molar-refractivity contribution in [2.24, 2.45) is 5.73 Å². The van der Waals surface area contributed by atoms with E-state index in [1.54, 1.807) is 6.20 Å². The van der Waals surface area contributed by atoms with Gasteiger partial charge in [0.1, 0.15) is 18.6 Å². The molecule has 3 atom stereocenters. The fourth-order valence-corrected chi connectivity index (χ4v) is 5.26. The van der Waals surface area contributed by atoms with Crippen LogP contribution >= 0.6 is 0 Å². The number of nitrogens with two attached hydrogens (primary N) is 1. The van der Waals surface area contributed by atoms with Crippen LogP contribution < -0.4 is 21.7 Å². The number of carboxylic acid groups (broad SMARTS) is 1. The molecular weight excluding hydrogens is 560 g/mol. The highest BCUT2D eigenvalue weighted by Gasteiger charge is 2.29. The number of rotatable bonds is 13. The maximum Gasteiger partial charge on any atom is 0.322 e. The van der Waals surface area contributed by atoms with Crippen LogP contribution in [-0.4, -0.2) is 63.4 Å². The van der Waals surface area contributed by atoms with Gasteiger partial charge in [-0.05, 0) is 35.2 Å². The Morgan fingerprint density at radius 1 is 0.659 bits per heavy atom. The summed E-state index contributed by atoms with van der Waals surface area (Å²) in [6.45, 7) is -0.605. The first-order chi connectivity index (χ1) is 21.3. The first-order valence-electron chi connectivity index (χ1n) is 14.3. The number of fused-ring (bicyclic) bond motifs is 2. The zero-order valence-corrected chi connectivity index (χ0v) is 23.9. The van der Waals surface area contributed by atoms with Crippen LogP contribution in [0.1, 0.15) is 16.7 Å². The van der Waals surface area contributed by atoms with Gasteiger partial charge >= 0.3 is 5.97 Å². The van der Waals surface area contributed by atoms with Crippen LogP contribution in [0.3, 0.4) is 0 Å². The van der Waals surface area contributed by atoms with Gasteiger partial charge in [0.25, 0.3) is 0 Å². The Morgan fingerprint density at radius 3 is 1.80 bits per heavy atom. The monoisotopic (exact) mass is 594 g/mol. The molecule has 5 rings (SSSR count). The molecule has 11 nitrogen and oxygen atoms in total. The molecule has 3 unspecified atom stereocenters. The van der Waals surface area contributed by atoms with Crippen LogP contribution in [0.25, 0.3) is 21.8 Å². The fourth-order valence-electron chi connectivity index (χ4n) is 5.26. The lowest BCUT2D eigenvalue weighted by molar-refractivity contribution is -0.138. The number of carbonyl (C=O) groups is 4. The van der Waals surface area contributed by atoms with Crippen molar-refractivity contribution in [2.75, 3.05) is 6.54 Å². The van der Waals surface area contributed by atoms with Crippen LogP contribution in [0.2, 0.25) is 0 Å². The number of carboxylic acids is 1. The van der Waals surface area contributed by atoms with Gasteiger partial charge in [0, 0.05) is 47.0 Å². The van der Waals surface area contributed by atoms with Crippen molar-refractivity contribution >= 4 is 45.5 Å². The molecule has 2 heterocycles. The van der Waals surface area contributed by atoms with Crippen molar-refractivity contribution in [1.82, 2.24) is 25.9 Å². The zero-order chi connectivity index (χ0) is 31.1. The van der Waals surface area contributed by atoms with Gasteiger partial charge in [-0.25, -0.2) is 0 Å². The third-order valence-corrected chi connectivity index (χ3v) is 7.51. The maximum absolute atomic E-state index is 13.8.